The molecule has 0 nitrogen and oxygen atoms in total. The van der Waals surface area contributed by atoms with Crippen molar-refractivity contribution in [3.8, 4) is 12.3 Å². The lowest BCUT2D eigenvalue weighted by Gasteiger charge is -2.29. The topological polar surface area (TPSA) is 0 Å². The van der Waals surface area contributed by atoms with E-state index < -0.39 is 0 Å². The van der Waals surface area contributed by atoms with Crippen molar-refractivity contribution in [1.29, 1.82) is 0 Å². The molecule has 0 radical (unpaired) electrons. The molecule has 1 aliphatic rings. The van der Waals surface area contributed by atoms with E-state index in [4.69, 9.17) is 6.42 Å². The normalized spacial score (nSPS) is 22.4. The summed E-state index contributed by atoms with van der Waals surface area (Å²) in [7, 11) is 0. The predicted molar refractivity (Wildman–Crippen MR) is 83.2 cm³/mol. The zero-order chi connectivity index (χ0) is 14.4. The van der Waals surface area contributed by atoms with E-state index in [1.807, 2.05) is 12.1 Å². The molecule has 1 aromatic carbocycles. The van der Waals surface area contributed by atoms with Crippen molar-refractivity contribution in [3.63, 3.8) is 0 Å². The van der Waals surface area contributed by atoms with E-state index in [9.17, 15) is 4.39 Å². The van der Waals surface area contributed by atoms with Crippen LogP contribution in [0.5, 0.6) is 0 Å². The summed E-state index contributed by atoms with van der Waals surface area (Å²) in [6.45, 7) is 2.25. The minimum atomic E-state index is -0.116. The Hall–Kier alpha value is -1.29. The Bertz CT molecular complexity index is 461. The first-order valence-corrected chi connectivity index (χ1v) is 8.00. The fourth-order valence-corrected chi connectivity index (χ4v) is 3.39. The minimum Gasteiger partial charge on any atom is -0.207 e. The lowest BCUT2D eigenvalue weighted by atomic mass is 9.77. The summed E-state index contributed by atoms with van der Waals surface area (Å²) in [6.07, 6.45) is 15.4. The zero-order valence-corrected chi connectivity index (χ0v) is 12.5. The van der Waals surface area contributed by atoms with Crippen LogP contribution in [0.25, 0.3) is 0 Å². The number of hydrogen-bond donors (Lipinski definition) is 0. The molecule has 0 amide bonds. The molecular weight excluding hydrogens is 247 g/mol. The standard InChI is InChI=1S/C19H25F/c1-3-5-6-7-16-8-11-17(12-9-16)18-13-10-15(4-2)14-19(18)20/h2,10,13-14,16-17H,3,5-9,11-12H2,1H3. The Morgan fingerprint density at radius 3 is 2.55 bits per heavy atom. The van der Waals surface area contributed by atoms with Crippen molar-refractivity contribution in [1.82, 2.24) is 0 Å². The second-order valence-corrected chi connectivity index (χ2v) is 6.09. The number of benzene rings is 1. The van der Waals surface area contributed by atoms with Crippen LogP contribution in [0.2, 0.25) is 0 Å². The lowest BCUT2D eigenvalue weighted by molar-refractivity contribution is 0.299. The molecule has 0 spiro atoms. The maximum absolute atomic E-state index is 14.1. The van der Waals surface area contributed by atoms with Crippen molar-refractivity contribution < 1.29 is 4.39 Å². The van der Waals surface area contributed by atoms with Crippen LogP contribution >= 0.6 is 0 Å². The quantitative estimate of drug-likeness (QED) is 0.479. The molecule has 1 aliphatic carbocycles. The van der Waals surface area contributed by atoms with Crippen LogP contribution in [0.1, 0.15) is 75.3 Å². The molecule has 0 heterocycles. The minimum absolute atomic E-state index is 0.116. The first-order chi connectivity index (χ1) is 9.74. The highest BCUT2D eigenvalue weighted by Crippen LogP contribution is 2.38. The third kappa shape index (κ3) is 3.85. The van der Waals surface area contributed by atoms with E-state index in [0.29, 0.717) is 11.5 Å². The molecular formula is C19H25F. The van der Waals surface area contributed by atoms with E-state index in [0.717, 1.165) is 24.3 Å². The summed E-state index contributed by atoms with van der Waals surface area (Å²) in [4.78, 5) is 0. The zero-order valence-electron chi connectivity index (χ0n) is 12.5. The second-order valence-electron chi connectivity index (χ2n) is 6.09. The molecule has 108 valence electrons. The summed E-state index contributed by atoms with van der Waals surface area (Å²) < 4.78 is 14.1. The van der Waals surface area contributed by atoms with E-state index in [2.05, 4.69) is 12.8 Å². The molecule has 0 aliphatic heterocycles. The van der Waals surface area contributed by atoms with Gasteiger partial charge in [-0.3, -0.25) is 0 Å². The largest absolute Gasteiger partial charge is 0.207 e. The second kappa shape index (κ2) is 7.48. The van der Waals surface area contributed by atoms with Gasteiger partial charge in [0.25, 0.3) is 0 Å². The summed E-state index contributed by atoms with van der Waals surface area (Å²) in [6, 6.07) is 5.26. The van der Waals surface area contributed by atoms with Crippen molar-refractivity contribution in [2.75, 3.05) is 0 Å². The summed E-state index contributed by atoms with van der Waals surface area (Å²) in [5.41, 5.74) is 1.51. The van der Waals surface area contributed by atoms with E-state index in [1.54, 1.807) is 0 Å². The van der Waals surface area contributed by atoms with Crippen molar-refractivity contribution in [2.24, 2.45) is 5.92 Å². The molecule has 0 bridgehead atoms. The van der Waals surface area contributed by atoms with Gasteiger partial charge in [-0.05, 0) is 55.2 Å². The van der Waals surface area contributed by atoms with Crippen molar-refractivity contribution in [3.05, 3.63) is 35.1 Å². The maximum atomic E-state index is 14.1. The van der Waals surface area contributed by atoms with Crippen LogP contribution in [0, 0.1) is 24.1 Å². The van der Waals surface area contributed by atoms with Gasteiger partial charge in [0.2, 0.25) is 0 Å². The van der Waals surface area contributed by atoms with Gasteiger partial charge in [-0.25, -0.2) is 4.39 Å². The summed E-state index contributed by atoms with van der Waals surface area (Å²) >= 11 is 0. The Labute approximate surface area is 122 Å². The van der Waals surface area contributed by atoms with Crippen LogP contribution in [0.4, 0.5) is 4.39 Å². The SMILES string of the molecule is C#Cc1ccc(C2CCC(CCCCC)CC2)c(F)c1. The number of hydrogen-bond acceptors (Lipinski definition) is 0. The van der Waals surface area contributed by atoms with Gasteiger partial charge >= 0.3 is 0 Å². The highest BCUT2D eigenvalue weighted by atomic mass is 19.1. The van der Waals surface area contributed by atoms with Gasteiger partial charge in [0.1, 0.15) is 5.82 Å². The smallest absolute Gasteiger partial charge is 0.127 e. The fourth-order valence-electron chi connectivity index (χ4n) is 3.39. The Kier molecular flexibility index (Phi) is 5.65. The van der Waals surface area contributed by atoms with E-state index >= 15 is 0 Å². The molecule has 0 N–H and O–H groups in total. The molecule has 1 heteroatoms. The number of unbranched alkanes of at least 4 members (excludes halogenated alkanes) is 2. The van der Waals surface area contributed by atoms with E-state index in [1.165, 1.54) is 44.6 Å². The van der Waals surface area contributed by atoms with Gasteiger partial charge in [-0.15, -0.1) is 6.42 Å². The van der Waals surface area contributed by atoms with Crippen LogP contribution < -0.4 is 0 Å². The third-order valence-electron chi connectivity index (χ3n) is 4.67. The molecule has 0 unspecified atom stereocenters. The molecule has 1 fully saturated rings. The molecule has 1 aromatic rings. The van der Waals surface area contributed by atoms with Gasteiger partial charge < -0.3 is 0 Å². The average Bonchev–Trinajstić information content (AvgIpc) is 2.48. The highest BCUT2D eigenvalue weighted by Gasteiger charge is 2.23. The molecule has 20 heavy (non-hydrogen) atoms. The number of terminal acetylenes is 1. The molecule has 0 saturated heterocycles. The van der Waals surface area contributed by atoms with Gasteiger partial charge in [0.05, 0.1) is 0 Å². The van der Waals surface area contributed by atoms with Gasteiger partial charge in [-0.2, -0.15) is 0 Å². The lowest BCUT2D eigenvalue weighted by Crippen LogP contribution is -2.14. The molecule has 0 atom stereocenters. The summed E-state index contributed by atoms with van der Waals surface area (Å²) in [5, 5.41) is 0. The highest BCUT2D eigenvalue weighted by molar-refractivity contribution is 5.36. The predicted octanol–water partition coefficient (Wildman–Crippen LogP) is 5.66. The van der Waals surface area contributed by atoms with Crippen LogP contribution in [-0.2, 0) is 0 Å². The number of rotatable bonds is 5. The van der Waals surface area contributed by atoms with Gasteiger partial charge in [0.15, 0.2) is 0 Å². The number of halogens is 1. The van der Waals surface area contributed by atoms with Crippen molar-refractivity contribution in [2.45, 2.75) is 64.2 Å². The van der Waals surface area contributed by atoms with Gasteiger partial charge in [0, 0.05) is 5.56 Å². The first-order valence-electron chi connectivity index (χ1n) is 8.00. The van der Waals surface area contributed by atoms with Crippen LogP contribution in [0.3, 0.4) is 0 Å². The van der Waals surface area contributed by atoms with Crippen molar-refractivity contribution >= 4 is 0 Å². The summed E-state index contributed by atoms with van der Waals surface area (Å²) in [5.74, 6) is 3.64. The Morgan fingerprint density at radius 1 is 1.20 bits per heavy atom. The Morgan fingerprint density at radius 2 is 1.95 bits per heavy atom. The Balaban J connectivity index is 1.89. The fraction of sp³-hybridized carbons (Fsp3) is 0.579. The monoisotopic (exact) mass is 272 g/mol. The van der Waals surface area contributed by atoms with Crippen LogP contribution in [-0.4, -0.2) is 0 Å². The molecule has 0 aromatic heterocycles. The maximum Gasteiger partial charge on any atom is 0.127 e. The molecule has 2 rings (SSSR count). The average molecular weight is 272 g/mol. The first kappa shape index (κ1) is 15.1. The molecule has 1 saturated carbocycles. The van der Waals surface area contributed by atoms with Gasteiger partial charge in [-0.1, -0.05) is 44.6 Å². The van der Waals surface area contributed by atoms with Crippen LogP contribution in [0.15, 0.2) is 18.2 Å². The third-order valence-corrected chi connectivity index (χ3v) is 4.67. The van der Waals surface area contributed by atoms with E-state index in [-0.39, 0.29) is 5.82 Å².